The van der Waals surface area contributed by atoms with Crippen molar-refractivity contribution >= 4 is 5.78 Å². The highest BCUT2D eigenvalue weighted by Crippen LogP contribution is 2.26. The number of benzene rings is 2. The van der Waals surface area contributed by atoms with Gasteiger partial charge in [-0.2, -0.15) is 0 Å². The lowest BCUT2D eigenvalue weighted by atomic mass is 9.93. The van der Waals surface area contributed by atoms with Gasteiger partial charge in [-0.1, -0.05) is 48.5 Å². The number of hydrogen-bond donors (Lipinski definition) is 0. The highest BCUT2D eigenvalue weighted by atomic mass is 16.1. The molecule has 25 heavy (non-hydrogen) atoms. The Morgan fingerprint density at radius 2 is 1.72 bits per heavy atom. The fraction of sp³-hybridized carbons (Fsp3) is 0.182. The summed E-state index contributed by atoms with van der Waals surface area (Å²) >= 11 is 0. The van der Waals surface area contributed by atoms with Crippen molar-refractivity contribution in [1.29, 1.82) is 0 Å². The van der Waals surface area contributed by atoms with Gasteiger partial charge >= 0.3 is 0 Å². The molecule has 3 aromatic rings. The average Bonchev–Trinajstić information content (AvgIpc) is 2.63. The van der Waals surface area contributed by atoms with Crippen LogP contribution in [0.15, 0.2) is 71.7 Å². The summed E-state index contributed by atoms with van der Waals surface area (Å²) in [4.78, 5) is 23.9. The Kier molecular flexibility index (Phi) is 4.94. The van der Waals surface area contributed by atoms with E-state index in [0.717, 1.165) is 0 Å². The van der Waals surface area contributed by atoms with Crippen LogP contribution in [0.2, 0.25) is 0 Å². The minimum absolute atomic E-state index is 0.0557. The van der Waals surface area contributed by atoms with Crippen LogP contribution in [-0.2, 0) is 13.5 Å². The van der Waals surface area contributed by atoms with E-state index >= 15 is 0 Å². The Bertz CT molecular complexity index is 955. The Balaban J connectivity index is 1.78. The van der Waals surface area contributed by atoms with Crippen molar-refractivity contribution in [2.45, 2.75) is 19.8 Å². The Morgan fingerprint density at radius 1 is 0.960 bits per heavy atom. The molecule has 1 aromatic heterocycles. The van der Waals surface area contributed by atoms with E-state index in [4.69, 9.17) is 0 Å². The molecular formula is C22H21NO2. The molecule has 0 saturated carbocycles. The fourth-order valence-electron chi connectivity index (χ4n) is 3.04. The normalized spacial score (nSPS) is 10.6. The lowest BCUT2D eigenvalue weighted by Gasteiger charge is -2.11. The Labute approximate surface area is 147 Å². The molecule has 3 rings (SSSR count). The molecule has 0 unspecified atom stereocenters. The highest BCUT2D eigenvalue weighted by molar-refractivity contribution is 5.95. The first kappa shape index (κ1) is 16.9. The molecule has 0 amide bonds. The van der Waals surface area contributed by atoms with Gasteiger partial charge in [-0.15, -0.1) is 0 Å². The molecule has 0 atom stereocenters. The van der Waals surface area contributed by atoms with Crippen LogP contribution in [0.1, 0.15) is 27.9 Å². The number of carbonyl (C=O) groups excluding carboxylic acids is 1. The molecule has 1 heterocycles. The van der Waals surface area contributed by atoms with Crippen LogP contribution in [0.3, 0.4) is 0 Å². The standard InChI is InChI=1S/C22H21NO2/c1-16-17(9-6-10-20(16)18-7-4-3-5-8-18)11-13-21(24)19-12-14-22(25)23(2)15-19/h3-10,12,14-15H,11,13H2,1-2H3. The number of rotatable bonds is 5. The predicted octanol–water partition coefficient (Wildman–Crippen LogP) is 4.18. The van der Waals surface area contributed by atoms with Crippen molar-refractivity contribution in [3.8, 4) is 11.1 Å². The van der Waals surface area contributed by atoms with Crippen LogP contribution in [0.4, 0.5) is 0 Å². The van der Waals surface area contributed by atoms with Crippen LogP contribution >= 0.6 is 0 Å². The van der Waals surface area contributed by atoms with E-state index in [9.17, 15) is 9.59 Å². The second kappa shape index (κ2) is 7.31. The SMILES string of the molecule is Cc1c(CCC(=O)c2ccc(=O)n(C)c2)cccc1-c1ccccc1. The number of aryl methyl sites for hydroxylation is 2. The molecule has 0 saturated heterocycles. The van der Waals surface area contributed by atoms with Gasteiger partial charge in [-0.25, -0.2) is 0 Å². The molecular weight excluding hydrogens is 310 g/mol. The van der Waals surface area contributed by atoms with Gasteiger partial charge in [0.2, 0.25) is 5.56 Å². The first-order valence-electron chi connectivity index (χ1n) is 8.40. The van der Waals surface area contributed by atoms with E-state index in [2.05, 4.69) is 31.2 Å². The van der Waals surface area contributed by atoms with Crippen LogP contribution in [-0.4, -0.2) is 10.4 Å². The van der Waals surface area contributed by atoms with Gasteiger partial charge in [0.25, 0.3) is 0 Å². The third kappa shape index (κ3) is 3.77. The molecule has 2 aromatic carbocycles. The van der Waals surface area contributed by atoms with E-state index in [0.29, 0.717) is 18.4 Å². The zero-order chi connectivity index (χ0) is 17.8. The molecule has 3 heteroatoms. The zero-order valence-electron chi connectivity index (χ0n) is 14.5. The predicted molar refractivity (Wildman–Crippen MR) is 101 cm³/mol. The van der Waals surface area contributed by atoms with Crippen molar-refractivity contribution in [2.75, 3.05) is 0 Å². The monoisotopic (exact) mass is 331 g/mol. The van der Waals surface area contributed by atoms with Crippen LogP contribution in [0.5, 0.6) is 0 Å². The molecule has 0 aliphatic rings. The number of ketones is 1. The van der Waals surface area contributed by atoms with E-state index in [-0.39, 0.29) is 11.3 Å². The number of hydrogen-bond acceptors (Lipinski definition) is 2. The van der Waals surface area contributed by atoms with E-state index in [1.165, 1.54) is 32.9 Å². The molecule has 0 bridgehead atoms. The molecule has 0 spiro atoms. The van der Waals surface area contributed by atoms with Crippen molar-refractivity contribution in [3.05, 3.63) is 93.9 Å². The molecule has 126 valence electrons. The summed E-state index contributed by atoms with van der Waals surface area (Å²) in [6, 6.07) is 19.6. The third-order valence-corrected chi connectivity index (χ3v) is 4.56. The van der Waals surface area contributed by atoms with Gasteiger partial charge in [-0.3, -0.25) is 9.59 Å². The van der Waals surface area contributed by atoms with Crippen LogP contribution in [0, 0.1) is 6.92 Å². The fourth-order valence-corrected chi connectivity index (χ4v) is 3.04. The number of nitrogens with zero attached hydrogens (tertiary/aromatic N) is 1. The van der Waals surface area contributed by atoms with Gasteiger partial charge in [0.15, 0.2) is 5.78 Å². The third-order valence-electron chi connectivity index (χ3n) is 4.56. The molecule has 0 fully saturated rings. The van der Waals surface area contributed by atoms with Gasteiger partial charge in [0, 0.05) is 31.3 Å². The number of aromatic nitrogens is 1. The van der Waals surface area contributed by atoms with E-state index in [1.54, 1.807) is 19.3 Å². The second-order valence-corrected chi connectivity index (χ2v) is 6.25. The summed E-state index contributed by atoms with van der Waals surface area (Å²) < 4.78 is 1.44. The maximum atomic E-state index is 12.4. The Hall–Kier alpha value is -2.94. The quantitative estimate of drug-likeness (QED) is 0.658. The lowest BCUT2D eigenvalue weighted by Crippen LogP contribution is -2.16. The molecule has 3 nitrogen and oxygen atoms in total. The zero-order valence-corrected chi connectivity index (χ0v) is 14.5. The van der Waals surface area contributed by atoms with Crippen LogP contribution < -0.4 is 5.56 Å². The summed E-state index contributed by atoms with van der Waals surface area (Å²) in [6.45, 7) is 2.11. The summed E-state index contributed by atoms with van der Waals surface area (Å²) in [5.74, 6) is 0.0557. The molecule has 0 radical (unpaired) electrons. The van der Waals surface area contributed by atoms with E-state index < -0.39 is 0 Å². The summed E-state index contributed by atoms with van der Waals surface area (Å²) in [7, 11) is 1.66. The Morgan fingerprint density at radius 3 is 2.44 bits per heavy atom. The van der Waals surface area contributed by atoms with Crippen LogP contribution in [0.25, 0.3) is 11.1 Å². The smallest absolute Gasteiger partial charge is 0.250 e. The first-order valence-corrected chi connectivity index (χ1v) is 8.40. The van der Waals surface area contributed by atoms with Gasteiger partial charge in [-0.05, 0) is 41.7 Å². The van der Waals surface area contributed by atoms with Gasteiger partial charge < -0.3 is 4.57 Å². The first-order chi connectivity index (χ1) is 12.1. The van der Waals surface area contributed by atoms with Gasteiger partial charge in [0.1, 0.15) is 0 Å². The molecule has 0 aliphatic carbocycles. The maximum Gasteiger partial charge on any atom is 0.250 e. The summed E-state index contributed by atoms with van der Waals surface area (Å²) in [5.41, 5.74) is 5.25. The van der Waals surface area contributed by atoms with Crippen molar-refractivity contribution in [3.63, 3.8) is 0 Å². The topological polar surface area (TPSA) is 39.1 Å². The van der Waals surface area contributed by atoms with Gasteiger partial charge in [0.05, 0.1) is 0 Å². The van der Waals surface area contributed by atoms with E-state index in [1.807, 2.05) is 24.3 Å². The largest absolute Gasteiger partial charge is 0.318 e. The average molecular weight is 331 g/mol. The number of carbonyl (C=O) groups is 1. The number of pyridine rings is 1. The molecule has 0 aliphatic heterocycles. The van der Waals surface area contributed by atoms with Crippen molar-refractivity contribution < 1.29 is 4.79 Å². The maximum absolute atomic E-state index is 12.4. The van der Waals surface area contributed by atoms with Crippen molar-refractivity contribution in [1.82, 2.24) is 4.57 Å². The minimum atomic E-state index is -0.108. The highest BCUT2D eigenvalue weighted by Gasteiger charge is 2.10. The summed E-state index contributed by atoms with van der Waals surface area (Å²) in [5, 5.41) is 0. The lowest BCUT2D eigenvalue weighted by molar-refractivity contribution is 0.0982. The second-order valence-electron chi connectivity index (χ2n) is 6.25. The summed E-state index contributed by atoms with van der Waals surface area (Å²) in [6.07, 6.45) is 2.73. The van der Waals surface area contributed by atoms with Crippen molar-refractivity contribution in [2.24, 2.45) is 7.05 Å². The molecule has 0 N–H and O–H groups in total. The number of Topliss-reactive ketones (excluding diaryl/α,β-unsaturated/α-hetero) is 1. The minimum Gasteiger partial charge on any atom is -0.318 e.